The smallest absolute Gasteiger partial charge is 0.329 e. The molecule has 0 saturated carbocycles. The van der Waals surface area contributed by atoms with Gasteiger partial charge < -0.3 is 50.9 Å². The second-order valence-electron chi connectivity index (χ2n) is 15.2. The molecule has 4 aliphatic rings. The predicted octanol–water partition coefficient (Wildman–Crippen LogP) is 1.57. The second kappa shape index (κ2) is 17.9. The summed E-state index contributed by atoms with van der Waals surface area (Å²) in [6.45, 7) is 7.33. The Hall–Kier alpha value is -5.19. The molecule has 8 atom stereocenters. The lowest BCUT2D eigenvalue weighted by atomic mass is 9.98. The van der Waals surface area contributed by atoms with Crippen LogP contribution in [0.25, 0.3) is 0 Å². The number of fused-ring (bicyclic) bond motifs is 3. The SMILES string of the molecule is C=C1NC(O)[C@@H]2CCCCN2C(=O)[C@@H]2C[C@@H](O)CN2C(=O)[C@@H](NC(=O)[C@H](Cc2cccc(C)c2)NC(=O)Nc2cccc(Cl)c2)[C@H](C)OC(=O)[C@@H]2CCCN2C1=O. The lowest BCUT2D eigenvalue weighted by molar-refractivity contribution is -0.162. The summed E-state index contributed by atoms with van der Waals surface area (Å²) in [5, 5.41) is 33.4. The fourth-order valence-corrected chi connectivity index (χ4v) is 8.31. The average molecular weight is 808 g/mol. The molecular formula is C40H50ClN7O9. The molecule has 0 radical (unpaired) electrons. The van der Waals surface area contributed by atoms with Crippen LogP contribution < -0.4 is 21.3 Å². The quantitative estimate of drug-likeness (QED) is 0.183. The number of hydrogen-bond donors (Lipinski definition) is 6. The summed E-state index contributed by atoms with van der Waals surface area (Å²) in [5.74, 6) is -3.59. The Balaban J connectivity index is 1.34. The van der Waals surface area contributed by atoms with Crippen LogP contribution in [0.3, 0.4) is 0 Å². The van der Waals surface area contributed by atoms with Crippen molar-refractivity contribution >= 4 is 52.9 Å². The first kappa shape index (κ1) is 41.4. The Bertz CT molecular complexity index is 1900. The van der Waals surface area contributed by atoms with Gasteiger partial charge in [0.1, 0.15) is 36.5 Å². The van der Waals surface area contributed by atoms with E-state index < -0.39 is 84.3 Å². The standard InChI is InChI=1S/C40H50ClN7O9/c1-22-9-6-10-25(17-22)18-29(44-40(56)43-27-12-7-11-26(41)19-27)34(50)45-33-24(3)57-39(55)31-14-8-16-47(31)36(52)23(2)42-35(51)30-13-4-5-15-46(30)37(53)32-20-28(49)21-48(32)38(33)54/h6-7,9-12,17,19,24,28-33,35,42,49,51H,2,4-5,8,13-16,18,20-21H2,1,3H3,(H,45,50)(H2,43,44,56)/t24-,28+,29-,30-,31-,32-,33-,35?/m0/s1. The highest BCUT2D eigenvalue weighted by Crippen LogP contribution is 2.29. The summed E-state index contributed by atoms with van der Waals surface area (Å²) in [7, 11) is 0. The molecule has 2 aromatic rings. The molecule has 1 unspecified atom stereocenters. The number of halogens is 1. The third-order valence-corrected chi connectivity index (χ3v) is 11.2. The van der Waals surface area contributed by atoms with Gasteiger partial charge in [-0.05, 0) is 69.7 Å². The van der Waals surface area contributed by atoms with E-state index in [9.17, 15) is 39.0 Å². The van der Waals surface area contributed by atoms with E-state index in [4.69, 9.17) is 16.3 Å². The molecule has 306 valence electrons. The van der Waals surface area contributed by atoms with E-state index in [2.05, 4.69) is 27.8 Å². The van der Waals surface area contributed by atoms with Crippen molar-refractivity contribution in [3.63, 3.8) is 0 Å². The van der Waals surface area contributed by atoms with Gasteiger partial charge in [0.2, 0.25) is 17.7 Å². The van der Waals surface area contributed by atoms with E-state index in [0.717, 1.165) is 5.56 Å². The molecule has 57 heavy (non-hydrogen) atoms. The van der Waals surface area contributed by atoms with Gasteiger partial charge in [0.25, 0.3) is 5.91 Å². The van der Waals surface area contributed by atoms with Crippen LogP contribution in [-0.2, 0) is 35.1 Å². The first-order chi connectivity index (χ1) is 27.2. The number of amides is 6. The molecule has 6 N–H and O–H groups in total. The number of rotatable bonds is 6. The van der Waals surface area contributed by atoms with Gasteiger partial charge in [-0.3, -0.25) is 19.2 Å². The number of urea groups is 1. The van der Waals surface area contributed by atoms with Gasteiger partial charge in [0, 0.05) is 43.2 Å². The fraction of sp³-hybridized carbons (Fsp3) is 0.500. The first-order valence-corrected chi connectivity index (χ1v) is 19.7. The number of nitrogens with zero attached hydrogens (tertiary/aromatic N) is 3. The third-order valence-electron chi connectivity index (χ3n) is 11.0. The molecule has 6 rings (SSSR count). The summed E-state index contributed by atoms with van der Waals surface area (Å²) in [4.78, 5) is 88.1. The van der Waals surface area contributed by atoms with Gasteiger partial charge in [0.05, 0.1) is 17.8 Å². The van der Waals surface area contributed by atoms with Crippen LogP contribution in [0, 0.1) is 6.92 Å². The molecule has 2 aromatic carbocycles. The minimum absolute atomic E-state index is 0.00480. The van der Waals surface area contributed by atoms with Crippen LogP contribution in [0.4, 0.5) is 10.5 Å². The van der Waals surface area contributed by atoms with Gasteiger partial charge in [-0.25, -0.2) is 9.59 Å². The van der Waals surface area contributed by atoms with E-state index in [0.29, 0.717) is 42.0 Å². The summed E-state index contributed by atoms with van der Waals surface area (Å²) in [6, 6.07) is 7.15. The number of benzene rings is 2. The number of carbonyl (C=O) groups is 6. The molecule has 16 nitrogen and oxygen atoms in total. The Morgan fingerprint density at radius 3 is 2.47 bits per heavy atom. The maximum Gasteiger partial charge on any atom is 0.329 e. The molecule has 0 aromatic heterocycles. The number of esters is 1. The normalized spacial score (nSPS) is 27.8. The molecule has 4 aliphatic heterocycles. The summed E-state index contributed by atoms with van der Waals surface area (Å²) in [6.07, 6.45) is -1.53. The molecule has 4 heterocycles. The number of hydrogen-bond acceptors (Lipinski definition) is 10. The van der Waals surface area contributed by atoms with Crippen molar-refractivity contribution in [1.29, 1.82) is 0 Å². The molecule has 6 amide bonds. The largest absolute Gasteiger partial charge is 0.458 e. The highest BCUT2D eigenvalue weighted by atomic mass is 35.5. The van der Waals surface area contributed by atoms with Crippen LogP contribution in [0.5, 0.6) is 0 Å². The van der Waals surface area contributed by atoms with Crippen molar-refractivity contribution in [2.45, 2.75) is 107 Å². The number of ether oxygens (including phenoxy) is 1. The maximum absolute atomic E-state index is 14.7. The highest BCUT2D eigenvalue weighted by molar-refractivity contribution is 6.30. The number of aliphatic hydroxyl groups excluding tert-OH is 2. The van der Waals surface area contributed by atoms with Crippen molar-refractivity contribution < 1.29 is 43.7 Å². The van der Waals surface area contributed by atoms with Gasteiger partial charge in [-0.1, -0.05) is 54.1 Å². The van der Waals surface area contributed by atoms with Gasteiger partial charge in [0.15, 0.2) is 0 Å². The molecule has 4 fully saturated rings. The first-order valence-electron chi connectivity index (χ1n) is 19.3. The number of piperidine rings is 1. The van der Waals surface area contributed by atoms with Crippen LogP contribution in [0.15, 0.2) is 60.8 Å². The minimum atomic E-state index is -1.60. The van der Waals surface area contributed by atoms with Crippen molar-refractivity contribution in [3.05, 3.63) is 77.0 Å². The molecule has 0 spiro atoms. The lowest BCUT2D eigenvalue weighted by Crippen LogP contribution is -2.63. The Morgan fingerprint density at radius 2 is 1.72 bits per heavy atom. The van der Waals surface area contributed by atoms with Crippen LogP contribution >= 0.6 is 11.6 Å². The molecule has 4 saturated heterocycles. The van der Waals surface area contributed by atoms with Gasteiger partial charge >= 0.3 is 12.0 Å². The zero-order chi connectivity index (χ0) is 41.0. The Morgan fingerprint density at radius 1 is 0.965 bits per heavy atom. The van der Waals surface area contributed by atoms with E-state index in [-0.39, 0.29) is 44.6 Å². The molecule has 0 bridgehead atoms. The maximum atomic E-state index is 14.7. The number of nitrogens with one attached hydrogen (secondary N) is 4. The molecule has 17 heteroatoms. The molecular weight excluding hydrogens is 758 g/mol. The van der Waals surface area contributed by atoms with E-state index in [1.807, 2.05) is 25.1 Å². The number of aliphatic hydroxyl groups is 2. The van der Waals surface area contributed by atoms with Crippen molar-refractivity contribution in [1.82, 2.24) is 30.7 Å². The number of aryl methyl sites for hydroxylation is 1. The zero-order valence-electron chi connectivity index (χ0n) is 32.0. The van der Waals surface area contributed by atoms with E-state index in [1.165, 1.54) is 27.7 Å². The highest BCUT2D eigenvalue weighted by Gasteiger charge is 2.48. The summed E-state index contributed by atoms with van der Waals surface area (Å²) < 4.78 is 5.86. The fourth-order valence-electron chi connectivity index (χ4n) is 8.12. The summed E-state index contributed by atoms with van der Waals surface area (Å²) in [5.41, 5.74) is 1.82. The van der Waals surface area contributed by atoms with Crippen LogP contribution in [0.1, 0.15) is 56.6 Å². The Labute approximate surface area is 335 Å². The summed E-state index contributed by atoms with van der Waals surface area (Å²) >= 11 is 6.11. The van der Waals surface area contributed by atoms with Crippen molar-refractivity contribution in [2.75, 3.05) is 25.0 Å². The minimum Gasteiger partial charge on any atom is -0.458 e. The molecule has 0 aliphatic carbocycles. The average Bonchev–Trinajstić information content (AvgIpc) is 3.83. The lowest BCUT2D eigenvalue weighted by Gasteiger charge is -2.42. The topological polar surface area (TPSA) is 210 Å². The van der Waals surface area contributed by atoms with Crippen LogP contribution in [-0.4, -0.2) is 129 Å². The third kappa shape index (κ3) is 9.68. The van der Waals surface area contributed by atoms with Crippen LogP contribution in [0.2, 0.25) is 5.02 Å². The number of cyclic esters (lactones) is 1. The van der Waals surface area contributed by atoms with E-state index in [1.54, 1.807) is 24.3 Å². The second-order valence-corrected chi connectivity index (χ2v) is 15.6. The zero-order valence-corrected chi connectivity index (χ0v) is 32.7. The Kier molecular flexibility index (Phi) is 13.0. The van der Waals surface area contributed by atoms with Gasteiger partial charge in [-0.2, -0.15) is 0 Å². The van der Waals surface area contributed by atoms with E-state index >= 15 is 0 Å². The van der Waals surface area contributed by atoms with Crippen molar-refractivity contribution in [3.8, 4) is 0 Å². The van der Waals surface area contributed by atoms with Crippen molar-refractivity contribution in [2.24, 2.45) is 0 Å². The predicted molar refractivity (Wildman–Crippen MR) is 208 cm³/mol. The van der Waals surface area contributed by atoms with Gasteiger partial charge in [-0.15, -0.1) is 0 Å². The monoisotopic (exact) mass is 807 g/mol. The number of anilines is 1. The number of carbonyl (C=O) groups excluding carboxylic acids is 6.